The molecule has 31 heavy (non-hydrogen) atoms. The first-order valence-electron chi connectivity index (χ1n) is 9.77. The summed E-state index contributed by atoms with van der Waals surface area (Å²) in [6, 6.07) is 20.2. The van der Waals surface area contributed by atoms with Gasteiger partial charge in [-0.2, -0.15) is 0 Å². The summed E-state index contributed by atoms with van der Waals surface area (Å²) in [6.45, 7) is -0.0697. The third kappa shape index (κ3) is 4.87. The van der Waals surface area contributed by atoms with Crippen LogP contribution in [-0.2, 0) is 16.3 Å². The highest BCUT2D eigenvalue weighted by molar-refractivity contribution is 7.90. The molecule has 0 aliphatic heterocycles. The van der Waals surface area contributed by atoms with Gasteiger partial charge in [-0.05, 0) is 47.4 Å². The van der Waals surface area contributed by atoms with E-state index in [0.717, 1.165) is 22.4 Å². The van der Waals surface area contributed by atoms with Crippen molar-refractivity contribution in [3.05, 3.63) is 84.7 Å². The van der Waals surface area contributed by atoms with E-state index < -0.39 is 9.84 Å². The number of hydrogen-bond donors (Lipinski definition) is 1. The van der Waals surface area contributed by atoms with Crippen LogP contribution >= 0.6 is 0 Å². The molecule has 2 aromatic carbocycles. The van der Waals surface area contributed by atoms with Crippen molar-refractivity contribution >= 4 is 9.84 Å². The first-order valence-corrected chi connectivity index (χ1v) is 11.7. The van der Waals surface area contributed by atoms with Gasteiger partial charge in [0.1, 0.15) is 5.69 Å². The highest BCUT2D eigenvalue weighted by Crippen LogP contribution is 2.24. The zero-order chi connectivity index (χ0) is 21.8. The van der Waals surface area contributed by atoms with Crippen LogP contribution in [-0.4, -0.2) is 46.4 Å². The minimum absolute atomic E-state index is 0.0697. The highest BCUT2D eigenvalue weighted by atomic mass is 32.2. The normalized spacial score (nSPS) is 12.6. The Morgan fingerprint density at radius 1 is 0.935 bits per heavy atom. The molecule has 0 spiro atoms. The van der Waals surface area contributed by atoms with Crippen molar-refractivity contribution in [3.8, 4) is 22.5 Å². The summed E-state index contributed by atoms with van der Waals surface area (Å²) in [6.07, 6.45) is 5.28. The van der Waals surface area contributed by atoms with E-state index in [9.17, 15) is 13.5 Å². The average Bonchev–Trinajstić information content (AvgIpc) is 3.28. The molecule has 158 valence electrons. The van der Waals surface area contributed by atoms with E-state index in [1.807, 2.05) is 42.5 Å². The van der Waals surface area contributed by atoms with E-state index in [4.69, 9.17) is 0 Å². The molecular formula is C23H22N4O3S. The van der Waals surface area contributed by atoms with Crippen molar-refractivity contribution in [2.45, 2.75) is 17.4 Å². The summed E-state index contributed by atoms with van der Waals surface area (Å²) in [5.41, 5.74) is 4.37. The fourth-order valence-electron chi connectivity index (χ4n) is 3.33. The Morgan fingerprint density at radius 2 is 1.61 bits per heavy atom. The third-order valence-corrected chi connectivity index (χ3v) is 6.19. The molecule has 0 fully saturated rings. The third-order valence-electron chi connectivity index (χ3n) is 5.06. The zero-order valence-corrected chi connectivity index (χ0v) is 17.8. The van der Waals surface area contributed by atoms with Gasteiger partial charge in [-0.3, -0.25) is 4.98 Å². The molecule has 0 saturated carbocycles. The molecule has 1 unspecified atom stereocenters. The molecule has 0 amide bonds. The number of pyridine rings is 1. The average molecular weight is 435 g/mol. The van der Waals surface area contributed by atoms with Crippen LogP contribution in [0.4, 0.5) is 0 Å². The number of aliphatic hydroxyl groups excluding tert-OH is 1. The largest absolute Gasteiger partial charge is 0.394 e. The summed E-state index contributed by atoms with van der Waals surface area (Å²) in [4.78, 5) is 4.58. The SMILES string of the molecule is CS(=O)(=O)c1ccc(-c2ccc(CC(CO)n3cc(-c4ccccn4)nn3)cc2)cc1. The number of aromatic nitrogens is 4. The van der Waals surface area contributed by atoms with Crippen molar-refractivity contribution in [2.24, 2.45) is 0 Å². The highest BCUT2D eigenvalue weighted by Gasteiger charge is 2.15. The Kier molecular flexibility index (Phi) is 5.92. The van der Waals surface area contributed by atoms with Crippen LogP contribution in [0.1, 0.15) is 11.6 Å². The predicted octanol–water partition coefficient (Wildman–Crippen LogP) is 3.19. The van der Waals surface area contributed by atoms with Crippen LogP contribution in [0, 0.1) is 0 Å². The molecule has 1 N–H and O–H groups in total. The van der Waals surface area contributed by atoms with E-state index in [1.54, 1.807) is 41.3 Å². The fourth-order valence-corrected chi connectivity index (χ4v) is 3.96. The molecule has 4 rings (SSSR count). The lowest BCUT2D eigenvalue weighted by Gasteiger charge is -2.14. The van der Waals surface area contributed by atoms with Crippen LogP contribution in [0.15, 0.2) is 84.0 Å². The van der Waals surface area contributed by atoms with Crippen molar-refractivity contribution < 1.29 is 13.5 Å². The van der Waals surface area contributed by atoms with Gasteiger partial charge in [0, 0.05) is 12.5 Å². The van der Waals surface area contributed by atoms with Crippen LogP contribution < -0.4 is 0 Å². The van der Waals surface area contributed by atoms with Crippen LogP contribution in [0.25, 0.3) is 22.5 Å². The molecule has 1 atom stereocenters. The maximum absolute atomic E-state index is 11.6. The Labute approximate surface area is 180 Å². The van der Waals surface area contributed by atoms with Crippen molar-refractivity contribution in [1.82, 2.24) is 20.0 Å². The van der Waals surface area contributed by atoms with E-state index >= 15 is 0 Å². The van der Waals surface area contributed by atoms with Gasteiger partial charge in [0.25, 0.3) is 0 Å². The standard InChI is InChI=1S/C23H22N4O3S/c1-31(29,30)21-11-9-19(10-12-21)18-7-5-17(6-8-18)14-20(16-28)27-15-23(25-26-27)22-4-2-3-13-24-22/h2-13,15,20,28H,14,16H2,1H3. The topological polar surface area (TPSA) is 98.0 Å². The Morgan fingerprint density at radius 3 is 2.19 bits per heavy atom. The monoisotopic (exact) mass is 434 g/mol. The first kappa shape index (κ1) is 20.9. The molecule has 0 bridgehead atoms. The van der Waals surface area contributed by atoms with Gasteiger partial charge in [0.15, 0.2) is 9.84 Å². The molecule has 0 aliphatic rings. The van der Waals surface area contributed by atoms with Crippen molar-refractivity contribution in [3.63, 3.8) is 0 Å². The summed E-state index contributed by atoms with van der Waals surface area (Å²) < 4.78 is 24.9. The van der Waals surface area contributed by atoms with Crippen LogP contribution in [0.2, 0.25) is 0 Å². The molecule has 7 nitrogen and oxygen atoms in total. The summed E-state index contributed by atoms with van der Waals surface area (Å²) in [5.74, 6) is 0. The van der Waals surface area contributed by atoms with Gasteiger partial charge >= 0.3 is 0 Å². The van der Waals surface area contributed by atoms with E-state index in [1.165, 1.54) is 6.26 Å². The number of benzene rings is 2. The second-order valence-electron chi connectivity index (χ2n) is 7.33. The number of nitrogens with zero attached hydrogens (tertiary/aromatic N) is 4. The fraction of sp³-hybridized carbons (Fsp3) is 0.174. The molecule has 8 heteroatoms. The van der Waals surface area contributed by atoms with Gasteiger partial charge in [-0.25, -0.2) is 13.1 Å². The second-order valence-corrected chi connectivity index (χ2v) is 9.35. The van der Waals surface area contributed by atoms with Crippen molar-refractivity contribution in [2.75, 3.05) is 12.9 Å². The van der Waals surface area contributed by atoms with Gasteiger partial charge in [0.2, 0.25) is 0 Å². The second kappa shape index (κ2) is 8.79. The molecular weight excluding hydrogens is 412 g/mol. The molecule has 2 aromatic heterocycles. The summed E-state index contributed by atoms with van der Waals surface area (Å²) in [7, 11) is -3.21. The lowest BCUT2D eigenvalue weighted by atomic mass is 10.0. The quantitative estimate of drug-likeness (QED) is 0.480. The van der Waals surface area contributed by atoms with Crippen molar-refractivity contribution in [1.29, 1.82) is 0 Å². The molecule has 0 aliphatic carbocycles. The van der Waals surface area contributed by atoms with Gasteiger partial charge in [0.05, 0.1) is 29.4 Å². The summed E-state index contributed by atoms with van der Waals surface area (Å²) in [5, 5.41) is 18.2. The lowest BCUT2D eigenvalue weighted by molar-refractivity contribution is 0.216. The molecule has 0 saturated heterocycles. The maximum Gasteiger partial charge on any atom is 0.175 e. The van der Waals surface area contributed by atoms with Crippen LogP contribution in [0.3, 0.4) is 0 Å². The predicted molar refractivity (Wildman–Crippen MR) is 118 cm³/mol. The molecule has 2 heterocycles. The Hall–Kier alpha value is -3.36. The minimum atomic E-state index is -3.21. The number of rotatable bonds is 7. The van der Waals surface area contributed by atoms with Gasteiger partial charge in [-0.15, -0.1) is 5.10 Å². The maximum atomic E-state index is 11.6. The molecule has 0 radical (unpaired) electrons. The smallest absolute Gasteiger partial charge is 0.175 e. The number of aliphatic hydroxyl groups is 1. The minimum Gasteiger partial charge on any atom is -0.394 e. The van der Waals surface area contributed by atoms with Gasteiger partial charge in [-0.1, -0.05) is 47.7 Å². The first-order chi connectivity index (χ1) is 14.9. The van der Waals surface area contributed by atoms with E-state index in [-0.39, 0.29) is 12.6 Å². The number of hydrogen-bond acceptors (Lipinski definition) is 6. The lowest BCUT2D eigenvalue weighted by Crippen LogP contribution is -2.16. The van der Waals surface area contributed by atoms with E-state index in [2.05, 4.69) is 15.3 Å². The summed E-state index contributed by atoms with van der Waals surface area (Å²) >= 11 is 0. The van der Waals surface area contributed by atoms with Crippen LogP contribution in [0.5, 0.6) is 0 Å². The Balaban J connectivity index is 1.48. The van der Waals surface area contributed by atoms with E-state index in [0.29, 0.717) is 17.0 Å². The Bertz CT molecular complexity index is 1250. The number of sulfone groups is 1. The van der Waals surface area contributed by atoms with Gasteiger partial charge < -0.3 is 5.11 Å². The zero-order valence-electron chi connectivity index (χ0n) is 17.0. The molecule has 4 aromatic rings.